The van der Waals surface area contributed by atoms with Crippen LogP contribution in [0.4, 0.5) is 10.1 Å². The summed E-state index contributed by atoms with van der Waals surface area (Å²) >= 11 is 0. The number of phenolic OH excluding ortho intramolecular Hbond substituents is 1. The lowest BCUT2D eigenvalue weighted by Crippen LogP contribution is -2.22. The summed E-state index contributed by atoms with van der Waals surface area (Å²) in [5.74, 6) is -0.215. The summed E-state index contributed by atoms with van der Waals surface area (Å²) in [6.45, 7) is 4.51. The number of ketones is 1. The Morgan fingerprint density at radius 1 is 1.24 bits per heavy atom. The summed E-state index contributed by atoms with van der Waals surface area (Å²) in [6.07, 6.45) is 0. The fraction of sp³-hybridized carbons (Fsp3) is 0.235. The highest BCUT2D eigenvalue weighted by molar-refractivity contribution is 5.94. The van der Waals surface area contributed by atoms with E-state index in [1.807, 2.05) is 17.9 Å². The van der Waals surface area contributed by atoms with Gasteiger partial charge in [0.2, 0.25) is 0 Å². The van der Waals surface area contributed by atoms with E-state index in [1.54, 1.807) is 18.2 Å². The Bertz CT molecular complexity index is 655. The van der Waals surface area contributed by atoms with Crippen molar-refractivity contribution in [1.82, 2.24) is 0 Å². The number of halogens is 1. The summed E-state index contributed by atoms with van der Waals surface area (Å²) in [5, 5.41) is 9.95. The van der Waals surface area contributed by atoms with Gasteiger partial charge >= 0.3 is 0 Å². The lowest BCUT2D eigenvalue weighted by atomic mass is 10.1. The molecule has 0 aromatic heterocycles. The molecule has 0 radical (unpaired) electrons. The van der Waals surface area contributed by atoms with Crippen LogP contribution in [0.5, 0.6) is 5.75 Å². The van der Waals surface area contributed by atoms with E-state index < -0.39 is 0 Å². The Morgan fingerprint density at radius 3 is 2.62 bits per heavy atom. The van der Waals surface area contributed by atoms with E-state index in [9.17, 15) is 14.3 Å². The Balaban J connectivity index is 2.30. The van der Waals surface area contributed by atoms with Crippen LogP contribution in [0.2, 0.25) is 0 Å². The normalized spacial score (nSPS) is 10.4. The molecular weight excluding hydrogens is 269 g/mol. The van der Waals surface area contributed by atoms with Crippen LogP contribution in [0.3, 0.4) is 0 Å². The van der Waals surface area contributed by atoms with Gasteiger partial charge in [0.05, 0.1) is 0 Å². The molecule has 2 aromatic rings. The second kappa shape index (κ2) is 6.39. The maximum Gasteiger partial charge on any atom is 0.159 e. The molecule has 0 amide bonds. The quantitative estimate of drug-likeness (QED) is 0.851. The first-order chi connectivity index (χ1) is 10.0. The molecule has 0 aliphatic rings. The lowest BCUT2D eigenvalue weighted by Gasteiger charge is -2.24. The molecular formula is C17H18FNO2. The summed E-state index contributed by atoms with van der Waals surface area (Å²) in [5.41, 5.74) is 1.94. The van der Waals surface area contributed by atoms with Gasteiger partial charge in [-0.3, -0.25) is 4.79 Å². The molecule has 3 nitrogen and oxygen atoms in total. The number of anilines is 1. The lowest BCUT2D eigenvalue weighted by molar-refractivity contribution is 0.101. The number of phenols is 1. The van der Waals surface area contributed by atoms with Crippen LogP contribution in [0.1, 0.15) is 29.8 Å². The van der Waals surface area contributed by atoms with Crippen molar-refractivity contribution >= 4 is 11.5 Å². The molecule has 2 aromatic carbocycles. The summed E-state index contributed by atoms with van der Waals surface area (Å²) in [4.78, 5) is 13.4. The van der Waals surface area contributed by atoms with Crippen molar-refractivity contribution in [2.75, 3.05) is 11.4 Å². The molecule has 1 N–H and O–H groups in total. The average molecular weight is 287 g/mol. The van der Waals surface area contributed by atoms with Crippen LogP contribution >= 0.6 is 0 Å². The summed E-state index contributed by atoms with van der Waals surface area (Å²) in [7, 11) is 0. The van der Waals surface area contributed by atoms with Crippen LogP contribution in [0.15, 0.2) is 42.5 Å². The second-order valence-electron chi connectivity index (χ2n) is 4.89. The molecule has 4 heteroatoms. The Hall–Kier alpha value is -2.36. The van der Waals surface area contributed by atoms with Crippen LogP contribution in [-0.2, 0) is 6.54 Å². The minimum atomic E-state index is -0.298. The zero-order chi connectivity index (χ0) is 15.4. The van der Waals surface area contributed by atoms with Crippen LogP contribution in [0, 0.1) is 5.82 Å². The van der Waals surface area contributed by atoms with Crippen LogP contribution in [-0.4, -0.2) is 17.4 Å². The van der Waals surface area contributed by atoms with Gasteiger partial charge in [0.1, 0.15) is 11.6 Å². The maximum atomic E-state index is 13.3. The van der Waals surface area contributed by atoms with Crippen molar-refractivity contribution in [3.8, 4) is 5.75 Å². The highest BCUT2D eigenvalue weighted by atomic mass is 19.1. The second-order valence-corrected chi connectivity index (χ2v) is 4.89. The number of benzene rings is 2. The molecule has 2 rings (SSSR count). The molecule has 0 bridgehead atoms. The summed E-state index contributed by atoms with van der Waals surface area (Å²) in [6, 6.07) is 11.1. The molecule has 0 fully saturated rings. The number of hydrogen-bond acceptors (Lipinski definition) is 3. The van der Waals surface area contributed by atoms with Crippen molar-refractivity contribution in [1.29, 1.82) is 0 Å². The third-order valence-corrected chi connectivity index (χ3v) is 3.40. The van der Waals surface area contributed by atoms with Gasteiger partial charge in [-0.1, -0.05) is 6.07 Å². The van der Waals surface area contributed by atoms with E-state index in [2.05, 4.69) is 0 Å². The monoisotopic (exact) mass is 287 g/mol. The molecule has 0 aliphatic carbocycles. The minimum absolute atomic E-state index is 0.0509. The predicted molar refractivity (Wildman–Crippen MR) is 81.2 cm³/mol. The fourth-order valence-electron chi connectivity index (χ4n) is 2.20. The number of rotatable bonds is 5. The minimum Gasteiger partial charge on any atom is -0.508 e. The van der Waals surface area contributed by atoms with Gasteiger partial charge in [0.15, 0.2) is 5.78 Å². The third kappa shape index (κ3) is 3.60. The van der Waals surface area contributed by atoms with E-state index in [-0.39, 0.29) is 17.3 Å². The number of hydrogen-bond donors (Lipinski definition) is 1. The Labute approximate surface area is 123 Å². The molecule has 0 atom stereocenters. The zero-order valence-corrected chi connectivity index (χ0v) is 12.1. The molecule has 0 unspecified atom stereocenters. The third-order valence-electron chi connectivity index (χ3n) is 3.40. The van der Waals surface area contributed by atoms with E-state index in [1.165, 1.54) is 25.1 Å². The average Bonchev–Trinajstić information content (AvgIpc) is 2.46. The first-order valence-corrected chi connectivity index (χ1v) is 6.84. The van der Waals surface area contributed by atoms with E-state index >= 15 is 0 Å². The van der Waals surface area contributed by atoms with Gasteiger partial charge in [-0.25, -0.2) is 4.39 Å². The topological polar surface area (TPSA) is 40.5 Å². The van der Waals surface area contributed by atoms with Crippen LogP contribution in [0.25, 0.3) is 0 Å². The van der Waals surface area contributed by atoms with Gasteiger partial charge in [0.25, 0.3) is 0 Å². The molecule has 0 saturated carbocycles. The molecule has 0 heterocycles. The largest absolute Gasteiger partial charge is 0.508 e. The van der Waals surface area contributed by atoms with Gasteiger partial charge < -0.3 is 10.0 Å². The van der Waals surface area contributed by atoms with Crippen molar-refractivity contribution in [2.45, 2.75) is 20.4 Å². The van der Waals surface area contributed by atoms with Gasteiger partial charge in [-0.2, -0.15) is 0 Å². The fourth-order valence-corrected chi connectivity index (χ4v) is 2.20. The Morgan fingerprint density at radius 2 is 2.00 bits per heavy atom. The number of nitrogens with zero attached hydrogens (tertiary/aromatic N) is 1. The zero-order valence-electron chi connectivity index (χ0n) is 12.1. The summed E-state index contributed by atoms with van der Waals surface area (Å²) < 4.78 is 13.3. The Kier molecular flexibility index (Phi) is 4.58. The van der Waals surface area contributed by atoms with Crippen molar-refractivity contribution in [3.05, 3.63) is 59.4 Å². The SMILES string of the molecule is CCN(Cc1cc(C(C)=O)ccc1O)c1cccc(F)c1. The van der Waals surface area contributed by atoms with Gasteiger partial charge in [-0.15, -0.1) is 0 Å². The number of carbonyl (C=O) groups is 1. The highest BCUT2D eigenvalue weighted by Gasteiger charge is 2.11. The molecule has 0 saturated heterocycles. The van der Waals surface area contributed by atoms with Crippen molar-refractivity contribution in [2.24, 2.45) is 0 Å². The maximum absolute atomic E-state index is 13.3. The molecule has 0 aliphatic heterocycles. The van der Waals surface area contributed by atoms with Crippen LogP contribution < -0.4 is 4.90 Å². The van der Waals surface area contributed by atoms with E-state index in [0.29, 0.717) is 24.2 Å². The molecule has 110 valence electrons. The smallest absolute Gasteiger partial charge is 0.159 e. The number of carbonyl (C=O) groups excluding carboxylic acids is 1. The molecule has 21 heavy (non-hydrogen) atoms. The number of Topliss-reactive ketones (excluding diaryl/α,β-unsaturated/α-hetero) is 1. The van der Waals surface area contributed by atoms with Gasteiger partial charge in [-0.05, 0) is 50.2 Å². The first-order valence-electron chi connectivity index (χ1n) is 6.84. The van der Waals surface area contributed by atoms with Gasteiger partial charge in [0, 0.05) is 29.9 Å². The standard InChI is InChI=1S/C17H18FNO2/c1-3-19(16-6-4-5-15(18)10-16)11-14-9-13(12(2)20)7-8-17(14)21/h4-10,21H,3,11H2,1-2H3. The van der Waals surface area contributed by atoms with E-state index in [4.69, 9.17) is 0 Å². The highest BCUT2D eigenvalue weighted by Crippen LogP contribution is 2.24. The van der Waals surface area contributed by atoms with Crippen molar-refractivity contribution in [3.63, 3.8) is 0 Å². The predicted octanol–water partition coefficient (Wildman–Crippen LogP) is 3.76. The van der Waals surface area contributed by atoms with E-state index in [0.717, 1.165) is 5.69 Å². The first kappa shape index (κ1) is 15.0. The van der Waals surface area contributed by atoms with Crippen molar-refractivity contribution < 1.29 is 14.3 Å². The molecule has 0 spiro atoms. The number of aromatic hydroxyl groups is 1.